The Morgan fingerprint density at radius 3 is 2.25 bits per heavy atom. The Labute approximate surface area is 238 Å². The minimum atomic E-state index is -1.16. The molecule has 3 aliphatic heterocycles. The van der Waals surface area contributed by atoms with Gasteiger partial charge in [-0.2, -0.15) is 0 Å². The Balaban J connectivity index is 1.78. The van der Waals surface area contributed by atoms with E-state index in [2.05, 4.69) is 31.9 Å². The smallest absolute Gasteiger partial charge is 0.253 e. The molecule has 9 nitrogen and oxygen atoms in total. The fraction of sp³-hybridized carbons (Fsp3) is 0.581. The van der Waals surface area contributed by atoms with Gasteiger partial charge in [0.25, 0.3) is 5.91 Å². The molecule has 0 aliphatic carbocycles. The number of amides is 3. The number of aliphatic hydroxyl groups is 1. The number of rotatable bonds is 12. The molecule has 6 atom stereocenters. The average molecular weight is 553 g/mol. The van der Waals surface area contributed by atoms with Crippen LogP contribution in [0, 0.1) is 11.8 Å². The number of benzene rings is 1. The van der Waals surface area contributed by atoms with Crippen LogP contribution in [0.3, 0.4) is 0 Å². The second kappa shape index (κ2) is 11.4. The fourth-order valence-electron chi connectivity index (χ4n) is 7.13. The number of anilines is 2. The first-order valence-corrected chi connectivity index (χ1v) is 14.3. The highest BCUT2D eigenvalue weighted by Crippen LogP contribution is 2.63. The molecule has 3 heterocycles. The van der Waals surface area contributed by atoms with Gasteiger partial charge < -0.3 is 29.4 Å². The van der Waals surface area contributed by atoms with Crippen molar-refractivity contribution < 1.29 is 24.2 Å². The molecule has 3 aliphatic rings. The largest absolute Gasteiger partial charge is 0.394 e. The molecule has 2 unspecified atom stereocenters. The van der Waals surface area contributed by atoms with Gasteiger partial charge in [-0.15, -0.1) is 13.2 Å². The van der Waals surface area contributed by atoms with Crippen LogP contribution in [-0.2, 0) is 19.1 Å². The monoisotopic (exact) mass is 552 g/mol. The summed E-state index contributed by atoms with van der Waals surface area (Å²) in [5, 5.41) is 10.1. The number of hydrogen-bond acceptors (Lipinski definition) is 6. The summed E-state index contributed by atoms with van der Waals surface area (Å²) in [5.41, 5.74) is -0.292. The summed E-state index contributed by atoms with van der Waals surface area (Å²) in [5.74, 6) is -2.36. The third-order valence-electron chi connectivity index (χ3n) is 9.10. The molecule has 0 radical (unpaired) electrons. The average Bonchev–Trinajstić information content (AvgIpc) is 3.52. The van der Waals surface area contributed by atoms with E-state index in [9.17, 15) is 19.5 Å². The zero-order valence-corrected chi connectivity index (χ0v) is 24.5. The van der Waals surface area contributed by atoms with Gasteiger partial charge in [0.05, 0.1) is 30.1 Å². The molecular weight excluding hydrogens is 508 g/mol. The minimum Gasteiger partial charge on any atom is -0.394 e. The van der Waals surface area contributed by atoms with Gasteiger partial charge in [0, 0.05) is 44.6 Å². The molecule has 3 amide bonds. The van der Waals surface area contributed by atoms with Crippen molar-refractivity contribution >= 4 is 29.1 Å². The third-order valence-corrected chi connectivity index (χ3v) is 9.10. The van der Waals surface area contributed by atoms with Gasteiger partial charge in [0.1, 0.15) is 11.6 Å². The van der Waals surface area contributed by atoms with Crippen LogP contribution in [-0.4, -0.2) is 95.7 Å². The molecule has 0 aromatic heterocycles. The van der Waals surface area contributed by atoms with Crippen molar-refractivity contribution in [2.75, 3.05) is 49.6 Å². The van der Waals surface area contributed by atoms with Crippen LogP contribution in [0.1, 0.15) is 40.5 Å². The van der Waals surface area contributed by atoms with E-state index >= 15 is 0 Å². The van der Waals surface area contributed by atoms with Gasteiger partial charge in [-0.05, 0) is 64.8 Å². The van der Waals surface area contributed by atoms with Gasteiger partial charge in [-0.25, -0.2) is 0 Å². The highest BCUT2D eigenvalue weighted by molar-refractivity contribution is 6.05. The maximum atomic E-state index is 14.6. The molecule has 40 heavy (non-hydrogen) atoms. The predicted octanol–water partition coefficient (Wildman–Crippen LogP) is 2.84. The first kappa shape index (κ1) is 29.8. The molecule has 2 bridgehead atoms. The van der Waals surface area contributed by atoms with Crippen molar-refractivity contribution in [1.82, 2.24) is 9.80 Å². The lowest BCUT2D eigenvalue weighted by Gasteiger charge is -2.38. The van der Waals surface area contributed by atoms with Crippen molar-refractivity contribution in [1.29, 1.82) is 0 Å². The van der Waals surface area contributed by atoms with Crippen molar-refractivity contribution in [3.63, 3.8) is 0 Å². The molecule has 3 fully saturated rings. The number of ether oxygens (including phenoxy) is 1. The highest BCUT2D eigenvalue weighted by Gasteiger charge is 2.78. The lowest BCUT2D eigenvalue weighted by molar-refractivity contribution is -0.151. The molecule has 0 saturated carbocycles. The van der Waals surface area contributed by atoms with Crippen molar-refractivity contribution in [2.45, 2.75) is 63.8 Å². The second-order valence-corrected chi connectivity index (χ2v) is 11.4. The standard InChI is InChI=1S/C31H44N4O5/c1-8-18-32(7)27(37)24-25-28(38)35(21(5)20-36)26(31(25)17-16-30(24,6)40-31)29(39)34(19-9-2)23-14-12-22(13-15-23)33(10-3)11-4/h8-9,12-15,21,24-26,36H,1-2,10-11,16-20H2,3-7H3/t21-,24-,25+,26?,30+,31?/m1/s1. The van der Waals surface area contributed by atoms with Crippen molar-refractivity contribution in [3.05, 3.63) is 49.6 Å². The van der Waals surface area contributed by atoms with Gasteiger partial charge >= 0.3 is 0 Å². The van der Waals surface area contributed by atoms with Crippen LogP contribution < -0.4 is 9.80 Å². The van der Waals surface area contributed by atoms with Gasteiger partial charge in [0.15, 0.2) is 0 Å². The lowest BCUT2D eigenvalue weighted by atomic mass is 9.66. The zero-order chi connectivity index (χ0) is 29.4. The summed E-state index contributed by atoms with van der Waals surface area (Å²) in [7, 11) is 1.69. The Hall–Kier alpha value is -3.17. The number of fused-ring (bicyclic) bond motifs is 1. The molecule has 9 heteroatoms. The zero-order valence-electron chi connectivity index (χ0n) is 24.5. The van der Waals surface area contributed by atoms with Crippen LogP contribution in [0.5, 0.6) is 0 Å². The highest BCUT2D eigenvalue weighted by atomic mass is 16.5. The van der Waals surface area contributed by atoms with Crippen molar-refractivity contribution in [3.8, 4) is 0 Å². The number of hydrogen-bond donors (Lipinski definition) is 1. The number of likely N-dealkylation sites (N-methyl/N-ethyl adjacent to an activating group) is 1. The summed E-state index contributed by atoms with van der Waals surface area (Å²) in [6.45, 7) is 17.4. The number of carbonyl (C=O) groups excluding carboxylic acids is 3. The number of nitrogens with zero attached hydrogens (tertiary/aromatic N) is 4. The third kappa shape index (κ3) is 4.53. The summed E-state index contributed by atoms with van der Waals surface area (Å²) < 4.78 is 6.71. The molecule has 218 valence electrons. The van der Waals surface area contributed by atoms with Crippen LogP contribution in [0.25, 0.3) is 0 Å². The number of likely N-dealkylation sites (tertiary alicyclic amines) is 1. The van der Waals surface area contributed by atoms with Crippen LogP contribution in [0.4, 0.5) is 11.4 Å². The summed E-state index contributed by atoms with van der Waals surface area (Å²) >= 11 is 0. The minimum absolute atomic E-state index is 0.193. The maximum absolute atomic E-state index is 14.6. The summed E-state index contributed by atoms with van der Waals surface area (Å²) in [6, 6.07) is 6.18. The van der Waals surface area contributed by atoms with E-state index in [4.69, 9.17) is 4.74 Å². The van der Waals surface area contributed by atoms with Gasteiger partial charge in [-0.1, -0.05) is 12.2 Å². The molecule has 1 aromatic rings. The fourth-order valence-corrected chi connectivity index (χ4v) is 7.13. The normalized spacial score (nSPS) is 29.2. The van der Waals surface area contributed by atoms with Gasteiger partial charge in [-0.3, -0.25) is 14.4 Å². The van der Waals surface area contributed by atoms with E-state index in [1.165, 1.54) is 4.90 Å². The molecular formula is C31H44N4O5. The molecule has 1 aromatic carbocycles. The molecule has 1 N–H and O–H groups in total. The van der Waals surface area contributed by atoms with E-state index in [-0.39, 0.29) is 30.9 Å². The Kier molecular flexibility index (Phi) is 8.47. The topological polar surface area (TPSA) is 93.6 Å². The Morgan fingerprint density at radius 1 is 1.10 bits per heavy atom. The second-order valence-electron chi connectivity index (χ2n) is 11.4. The molecule has 4 rings (SSSR count). The first-order valence-electron chi connectivity index (χ1n) is 14.3. The summed E-state index contributed by atoms with van der Waals surface area (Å²) in [6.07, 6.45) is 4.33. The van der Waals surface area contributed by atoms with E-state index in [1.807, 2.05) is 31.2 Å². The van der Waals surface area contributed by atoms with E-state index in [0.717, 1.165) is 18.8 Å². The first-order chi connectivity index (χ1) is 19.0. The Morgan fingerprint density at radius 2 is 1.70 bits per heavy atom. The lowest BCUT2D eigenvalue weighted by Crippen LogP contribution is -2.58. The number of aliphatic hydroxyl groups excluding tert-OH is 1. The van der Waals surface area contributed by atoms with Crippen LogP contribution >= 0.6 is 0 Å². The van der Waals surface area contributed by atoms with Gasteiger partial charge in [0.2, 0.25) is 11.8 Å². The SMILES string of the molecule is C=CCN(C)C(=O)[C@H]1[C@H]2C(=O)N([C@H](C)CO)C(C(=O)N(CC=C)c3ccc(N(CC)CC)cc3)C23CC[C@]1(C)O3. The van der Waals surface area contributed by atoms with Crippen molar-refractivity contribution in [2.24, 2.45) is 11.8 Å². The molecule has 3 saturated heterocycles. The van der Waals surface area contributed by atoms with Crippen LogP contribution in [0.2, 0.25) is 0 Å². The van der Waals surface area contributed by atoms with E-state index < -0.39 is 35.1 Å². The molecule has 1 spiro atoms. The Bertz CT molecular complexity index is 1150. The van der Waals surface area contributed by atoms with E-state index in [0.29, 0.717) is 25.1 Å². The number of carbonyl (C=O) groups is 3. The maximum Gasteiger partial charge on any atom is 0.253 e. The summed E-state index contributed by atoms with van der Waals surface area (Å²) in [4.78, 5) is 49.3. The predicted molar refractivity (Wildman–Crippen MR) is 156 cm³/mol. The quantitative estimate of drug-likeness (QED) is 0.401. The van der Waals surface area contributed by atoms with E-state index in [1.54, 1.807) is 35.9 Å². The van der Waals surface area contributed by atoms with Crippen LogP contribution in [0.15, 0.2) is 49.6 Å².